The Morgan fingerprint density at radius 1 is 1.33 bits per heavy atom. The van der Waals surface area contributed by atoms with Gasteiger partial charge in [-0.25, -0.2) is 0 Å². The second-order valence-electron chi connectivity index (χ2n) is 4.88. The number of aliphatic hydroxyl groups is 1. The molecule has 4 nitrogen and oxygen atoms in total. The zero-order valence-corrected chi connectivity index (χ0v) is 11.0. The second kappa shape index (κ2) is 5.40. The van der Waals surface area contributed by atoms with Gasteiger partial charge in [0.05, 0.1) is 13.2 Å². The number of anilines is 1. The Bertz CT molecular complexity index is 445. The molecule has 4 heteroatoms. The van der Waals surface area contributed by atoms with E-state index >= 15 is 0 Å². The molecule has 98 valence electrons. The molecule has 2 rings (SSSR count). The summed E-state index contributed by atoms with van der Waals surface area (Å²) in [5.74, 6) is 0.136. The zero-order valence-electron chi connectivity index (χ0n) is 11.0. The van der Waals surface area contributed by atoms with Gasteiger partial charge in [-0.1, -0.05) is 17.7 Å². The molecule has 0 unspecified atom stereocenters. The van der Waals surface area contributed by atoms with Crippen LogP contribution in [0.25, 0.3) is 0 Å². The molecule has 1 fully saturated rings. The molecule has 0 aliphatic carbocycles. The molecule has 1 aromatic rings. The molecular weight excluding hydrogens is 228 g/mol. The summed E-state index contributed by atoms with van der Waals surface area (Å²) in [5, 5.41) is 9.44. The number of rotatable bonds is 2. The zero-order chi connectivity index (χ0) is 13.1. The average Bonchev–Trinajstić information content (AvgIpc) is 2.52. The van der Waals surface area contributed by atoms with E-state index in [-0.39, 0.29) is 12.5 Å². The van der Waals surface area contributed by atoms with Gasteiger partial charge in [0.25, 0.3) is 0 Å². The summed E-state index contributed by atoms with van der Waals surface area (Å²) in [7, 11) is 1.84. The van der Waals surface area contributed by atoms with E-state index in [4.69, 9.17) is 0 Å². The highest BCUT2D eigenvalue weighted by Gasteiger charge is 2.20. The quantitative estimate of drug-likeness (QED) is 0.854. The van der Waals surface area contributed by atoms with Crippen molar-refractivity contribution in [1.82, 2.24) is 4.90 Å². The largest absolute Gasteiger partial charge is 0.392 e. The predicted octanol–water partition coefficient (Wildman–Crippen LogP) is 1.16. The molecule has 1 amide bonds. The minimum Gasteiger partial charge on any atom is -0.392 e. The van der Waals surface area contributed by atoms with Crippen LogP contribution in [0.15, 0.2) is 18.2 Å². The fraction of sp³-hybridized carbons (Fsp3) is 0.500. The first-order valence-electron chi connectivity index (χ1n) is 6.31. The molecule has 0 radical (unpaired) electrons. The topological polar surface area (TPSA) is 43.8 Å². The van der Waals surface area contributed by atoms with Gasteiger partial charge in [0.15, 0.2) is 0 Å². The van der Waals surface area contributed by atoms with Gasteiger partial charge < -0.3 is 14.9 Å². The van der Waals surface area contributed by atoms with Crippen LogP contribution in [0.2, 0.25) is 0 Å². The number of hydrogen-bond acceptors (Lipinski definition) is 3. The number of aryl methyl sites for hydroxylation is 1. The SMILES string of the molecule is Cc1ccc(N2CCCN(C)C(=O)C2)c(CO)c1. The highest BCUT2D eigenvalue weighted by molar-refractivity contribution is 5.82. The maximum atomic E-state index is 11.9. The molecule has 1 saturated heterocycles. The van der Waals surface area contributed by atoms with E-state index in [0.717, 1.165) is 36.3 Å². The Hall–Kier alpha value is -1.55. The number of carbonyl (C=O) groups is 1. The van der Waals surface area contributed by atoms with Gasteiger partial charge in [0.1, 0.15) is 0 Å². The third kappa shape index (κ3) is 2.64. The fourth-order valence-corrected chi connectivity index (χ4v) is 2.34. The van der Waals surface area contributed by atoms with Crippen LogP contribution >= 0.6 is 0 Å². The number of benzene rings is 1. The van der Waals surface area contributed by atoms with Crippen LogP contribution in [0.5, 0.6) is 0 Å². The molecule has 0 spiro atoms. The third-order valence-electron chi connectivity index (χ3n) is 3.42. The van der Waals surface area contributed by atoms with Crippen LogP contribution in [0, 0.1) is 6.92 Å². The van der Waals surface area contributed by atoms with Crippen molar-refractivity contribution in [2.45, 2.75) is 20.0 Å². The highest BCUT2D eigenvalue weighted by Crippen LogP contribution is 2.23. The predicted molar refractivity (Wildman–Crippen MR) is 71.6 cm³/mol. The normalized spacial score (nSPS) is 16.9. The molecular formula is C14H20N2O2. The van der Waals surface area contributed by atoms with Crippen LogP contribution in [0.3, 0.4) is 0 Å². The average molecular weight is 248 g/mol. The molecule has 1 N–H and O–H groups in total. The van der Waals surface area contributed by atoms with Gasteiger partial charge in [-0.3, -0.25) is 4.79 Å². The van der Waals surface area contributed by atoms with Crippen LogP contribution in [0.1, 0.15) is 17.5 Å². The number of likely N-dealkylation sites (N-methyl/N-ethyl adjacent to an activating group) is 1. The summed E-state index contributed by atoms with van der Waals surface area (Å²) >= 11 is 0. The molecule has 1 aromatic carbocycles. The van der Waals surface area contributed by atoms with Gasteiger partial charge in [0.2, 0.25) is 5.91 Å². The Kier molecular flexibility index (Phi) is 3.87. The van der Waals surface area contributed by atoms with Gasteiger partial charge in [-0.2, -0.15) is 0 Å². The Balaban J connectivity index is 2.27. The maximum absolute atomic E-state index is 11.9. The molecule has 1 aliphatic rings. The van der Waals surface area contributed by atoms with Crippen molar-refractivity contribution in [3.05, 3.63) is 29.3 Å². The third-order valence-corrected chi connectivity index (χ3v) is 3.42. The molecule has 1 aliphatic heterocycles. The van der Waals surface area contributed by atoms with Crippen molar-refractivity contribution in [3.8, 4) is 0 Å². The first-order chi connectivity index (χ1) is 8.61. The van der Waals surface area contributed by atoms with E-state index in [1.807, 2.05) is 32.2 Å². The van der Waals surface area contributed by atoms with Crippen molar-refractivity contribution >= 4 is 11.6 Å². The summed E-state index contributed by atoms with van der Waals surface area (Å²) in [5.41, 5.74) is 3.00. The molecule has 0 atom stereocenters. The fourth-order valence-electron chi connectivity index (χ4n) is 2.34. The Labute approximate surface area is 108 Å². The maximum Gasteiger partial charge on any atom is 0.241 e. The van der Waals surface area contributed by atoms with Gasteiger partial charge in [0, 0.05) is 31.4 Å². The smallest absolute Gasteiger partial charge is 0.241 e. The summed E-state index contributed by atoms with van der Waals surface area (Å²) in [4.78, 5) is 15.7. The lowest BCUT2D eigenvalue weighted by atomic mass is 10.1. The van der Waals surface area contributed by atoms with Crippen LogP contribution < -0.4 is 4.90 Å². The van der Waals surface area contributed by atoms with Gasteiger partial charge >= 0.3 is 0 Å². The number of aliphatic hydroxyl groups excluding tert-OH is 1. The van der Waals surface area contributed by atoms with Crippen molar-refractivity contribution in [1.29, 1.82) is 0 Å². The van der Waals surface area contributed by atoms with Crippen LogP contribution in [-0.2, 0) is 11.4 Å². The first kappa shape index (κ1) is 12.9. The lowest BCUT2D eigenvalue weighted by Gasteiger charge is -2.24. The van der Waals surface area contributed by atoms with E-state index in [1.54, 1.807) is 4.90 Å². The van der Waals surface area contributed by atoms with E-state index in [0.29, 0.717) is 6.54 Å². The lowest BCUT2D eigenvalue weighted by molar-refractivity contribution is -0.127. The van der Waals surface area contributed by atoms with E-state index in [9.17, 15) is 9.90 Å². The summed E-state index contributed by atoms with van der Waals surface area (Å²) in [6.07, 6.45) is 0.959. The molecule has 0 aromatic heterocycles. The highest BCUT2D eigenvalue weighted by atomic mass is 16.3. The van der Waals surface area contributed by atoms with Crippen LogP contribution in [0.4, 0.5) is 5.69 Å². The summed E-state index contributed by atoms with van der Waals surface area (Å²) < 4.78 is 0. The minimum absolute atomic E-state index is 0.0115. The summed E-state index contributed by atoms with van der Waals surface area (Å²) in [6, 6.07) is 6.00. The van der Waals surface area contributed by atoms with Crippen LogP contribution in [-0.4, -0.2) is 42.6 Å². The van der Waals surface area contributed by atoms with Gasteiger partial charge in [-0.15, -0.1) is 0 Å². The standard InChI is InChI=1S/C14H20N2O2/c1-11-4-5-13(12(8-11)10-17)16-7-3-6-15(2)14(18)9-16/h4-5,8,17H,3,6-7,9-10H2,1-2H3. The van der Waals surface area contributed by atoms with Crippen molar-refractivity contribution in [2.75, 3.05) is 31.6 Å². The van der Waals surface area contributed by atoms with E-state index in [2.05, 4.69) is 4.90 Å². The van der Waals surface area contributed by atoms with Gasteiger partial charge in [-0.05, 0) is 19.4 Å². The minimum atomic E-state index is 0.0115. The number of nitrogens with zero attached hydrogens (tertiary/aromatic N) is 2. The number of amides is 1. The number of carbonyl (C=O) groups excluding carboxylic acids is 1. The van der Waals surface area contributed by atoms with E-state index in [1.165, 1.54) is 0 Å². The van der Waals surface area contributed by atoms with Crippen molar-refractivity contribution in [2.24, 2.45) is 0 Å². The Morgan fingerprint density at radius 2 is 2.11 bits per heavy atom. The lowest BCUT2D eigenvalue weighted by Crippen LogP contribution is -2.34. The molecule has 1 heterocycles. The molecule has 0 bridgehead atoms. The first-order valence-corrected chi connectivity index (χ1v) is 6.31. The van der Waals surface area contributed by atoms with Crippen molar-refractivity contribution in [3.63, 3.8) is 0 Å². The van der Waals surface area contributed by atoms with Crippen molar-refractivity contribution < 1.29 is 9.90 Å². The number of hydrogen-bond donors (Lipinski definition) is 1. The molecule has 18 heavy (non-hydrogen) atoms. The molecule has 0 saturated carbocycles. The Morgan fingerprint density at radius 3 is 2.83 bits per heavy atom. The second-order valence-corrected chi connectivity index (χ2v) is 4.88. The summed E-state index contributed by atoms with van der Waals surface area (Å²) in [6.45, 7) is 4.07. The van der Waals surface area contributed by atoms with E-state index < -0.39 is 0 Å². The monoisotopic (exact) mass is 248 g/mol.